The Morgan fingerprint density at radius 3 is 1.85 bits per heavy atom. The molecular weight excluding hydrogens is 332 g/mol. The van der Waals surface area contributed by atoms with E-state index in [0.717, 1.165) is 39.0 Å². The Bertz CT molecular complexity index is 1030. The summed E-state index contributed by atoms with van der Waals surface area (Å²) < 4.78 is 5.21. The Labute approximate surface area is 159 Å². The molecule has 132 valence electrons. The quantitative estimate of drug-likeness (QED) is 0.451. The number of carbonyl (C=O) groups excluding carboxylic acids is 1. The number of hydrogen-bond acceptors (Lipinski definition) is 2. The summed E-state index contributed by atoms with van der Waals surface area (Å²) in [6.45, 7) is 2.18. The highest BCUT2D eigenvalue weighted by molar-refractivity contribution is 6.26. The summed E-state index contributed by atoms with van der Waals surface area (Å²) in [7, 11) is 0. The smallest absolute Gasteiger partial charge is 0.331 e. The molecular formula is C25H20O2. The molecule has 0 saturated carbocycles. The number of allylic oxidation sites excluding steroid dienone is 2. The molecule has 0 atom stereocenters. The van der Waals surface area contributed by atoms with Crippen LogP contribution in [-0.4, -0.2) is 12.6 Å². The lowest BCUT2D eigenvalue weighted by atomic mass is 9.93. The minimum atomic E-state index is -0.315. The van der Waals surface area contributed by atoms with Crippen LogP contribution in [0.3, 0.4) is 0 Å². The molecule has 1 aliphatic carbocycles. The first-order chi connectivity index (χ1) is 13.3. The van der Waals surface area contributed by atoms with Gasteiger partial charge in [0, 0.05) is 6.08 Å². The molecule has 0 amide bonds. The summed E-state index contributed by atoms with van der Waals surface area (Å²) in [4.78, 5) is 12.3. The van der Waals surface area contributed by atoms with Crippen LogP contribution in [0.25, 0.3) is 16.7 Å². The highest BCUT2D eigenvalue weighted by Crippen LogP contribution is 2.48. The third-order valence-electron chi connectivity index (χ3n) is 4.68. The van der Waals surface area contributed by atoms with Gasteiger partial charge in [-0.25, -0.2) is 4.79 Å². The Kier molecular flexibility index (Phi) is 4.71. The van der Waals surface area contributed by atoms with Gasteiger partial charge < -0.3 is 4.74 Å². The van der Waals surface area contributed by atoms with E-state index in [1.54, 1.807) is 6.08 Å². The van der Waals surface area contributed by atoms with Gasteiger partial charge >= 0.3 is 5.97 Å². The molecule has 0 radical (unpaired) electrons. The van der Waals surface area contributed by atoms with Crippen molar-refractivity contribution < 1.29 is 9.53 Å². The van der Waals surface area contributed by atoms with E-state index in [-0.39, 0.29) is 5.97 Å². The summed E-state index contributed by atoms with van der Waals surface area (Å²) in [5, 5.41) is 0. The van der Waals surface area contributed by atoms with Crippen LogP contribution >= 0.6 is 0 Å². The van der Waals surface area contributed by atoms with Crippen molar-refractivity contribution in [3.05, 3.63) is 113 Å². The second kappa shape index (κ2) is 7.46. The van der Waals surface area contributed by atoms with Crippen molar-refractivity contribution in [3.63, 3.8) is 0 Å². The normalized spacial score (nSPS) is 14.3. The number of fused-ring (bicyclic) bond motifs is 1. The molecule has 0 spiro atoms. The van der Waals surface area contributed by atoms with Gasteiger partial charge in [0.05, 0.1) is 6.61 Å². The lowest BCUT2D eigenvalue weighted by Crippen LogP contribution is -2.01. The van der Waals surface area contributed by atoms with Gasteiger partial charge in [-0.2, -0.15) is 0 Å². The molecule has 0 fully saturated rings. The van der Waals surface area contributed by atoms with Crippen molar-refractivity contribution in [2.45, 2.75) is 6.92 Å². The predicted octanol–water partition coefficient (Wildman–Crippen LogP) is 5.61. The van der Waals surface area contributed by atoms with Gasteiger partial charge in [-0.3, -0.25) is 0 Å². The predicted molar refractivity (Wildman–Crippen MR) is 110 cm³/mol. The molecule has 0 unspecified atom stereocenters. The Morgan fingerprint density at radius 2 is 1.26 bits per heavy atom. The molecule has 0 N–H and O–H groups in total. The largest absolute Gasteiger partial charge is 0.463 e. The number of ether oxygens (including phenoxy) is 1. The minimum Gasteiger partial charge on any atom is -0.463 e. The van der Waals surface area contributed by atoms with Crippen molar-refractivity contribution in [3.8, 4) is 0 Å². The van der Waals surface area contributed by atoms with Gasteiger partial charge in [0.25, 0.3) is 0 Å². The van der Waals surface area contributed by atoms with E-state index in [1.807, 2.05) is 55.5 Å². The van der Waals surface area contributed by atoms with Crippen molar-refractivity contribution in [2.75, 3.05) is 6.61 Å². The first kappa shape index (κ1) is 17.0. The van der Waals surface area contributed by atoms with Crippen LogP contribution in [0.4, 0.5) is 0 Å². The molecule has 2 nitrogen and oxygen atoms in total. The molecule has 0 heterocycles. The van der Waals surface area contributed by atoms with E-state index in [1.165, 1.54) is 0 Å². The Hall–Kier alpha value is -3.39. The molecule has 27 heavy (non-hydrogen) atoms. The second-order valence-corrected chi connectivity index (χ2v) is 6.34. The third kappa shape index (κ3) is 3.22. The number of carbonyl (C=O) groups is 1. The van der Waals surface area contributed by atoms with Crippen molar-refractivity contribution in [1.82, 2.24) is 0 Å². The fraction of sp³-hybridized carbons (Fsp3) is 0.0800. The SMILES string of the molecule is CCOC(=O)/C=C1/C(c2ccccc2)=C(c2ccccc2)c2ccccc21. The molecule has 0 bridgehead atoms. The second-order valence-electron chi connectivity index (χ2n) is 6.34. The third-order valence-corrected chi connectivity index (χ3v) is 4.68. The molecule has 1 aliphatic rings. The first-order valence-electron chi connectivity index (χ1n) is 9.13. The average molecular weight is 352 g/mol. The zero-order valence-electron chi connectivity index (χ0n) is 15.2. The highest BCUT2D eigenvalue weighted by Gasteiger charge is 2.28. The molecule has 0 saturated heterocycles. The average Bonchev–Trinajstić information content (AvgIpc) is 3.04. The summed E-state index contributed by atoms with van der Waals surface area (Å²) >= 11 is 0. The molecule has 3 aromatic rings. The summed E-state index contributed by atoms with van der Waals surface area (Å²) in [6, 6.07) is 28.8. The summed E-state index contributed by atoms with van der Waals surface area (Å²) in [6.07, 6.45) is 1.63. The van der Waals surface area contributed by atoms with E-state index in [2.05, 4.69) is 36.4 Å². The Morgan fingerprint density at radius 1 is 0.741 bits per heavy atom. The fourth-order valence-corrected chi connectivity index (χ4v) is 3.60. The molecule has 0 aliphatic heterocycles. The standard InChI is InChI=1S/C25H20O2/c1-2-27-23(26)17-22-20-15-9-10-16-21(20)24(18-11-5-3-6-12-18)25(22)19-13-7-4-8-14-19/h3-17H,2H2,1H3/b22-17+. The van der Waals surface area contributed by atoms with Gasteiger partial charge in [0.15, 0.2) is 0 Å². The molecule has 2 heteroatoms. The van der Waals surface area contributed by atoms with Gasteiger partial charge in [0.1, 0.15) is 0 Å². The van der Waals surface area contributed by atoms with E-state index in [0.29, 0.717) is 6.61 Å². The fourth-order valence-electron chi connectivity index (χ4n) is 3.60. The van der Waals surface area contributed by atoms with Crippen LogP contribution < -0.4 is 0 Å². The van der Waals surface area contributed by atoms with Crippen LogP contribution in [0.15, 0.2) is 91.0 Å². The topological polar surface area (TPSA) is 26.3 Å². The van der Waals surface area contributed by atoms with Crippen LogP contribution in [0.1, 0.15) is 29.2 Å². The van der Waals surface area contributed by atoms with E-state index < -0.39 is 0 Å². The number of benzene rings is 3. The van der Waals surface area contributed by atoms with Gasteiger partial charge in [-0.05, 0) is 45.9 Å². The molecule has 0 aromatic heterocycles. The zero-order valence-corrected chi connectivity index (χ0v) is 15.2. The number of esters is 1. The van der Waals surface area contributed by atoms with Gasteiger partial charge in [-0.1, -0.05) is 84.9 Å². The Balaban J connectivity index is 2.03. The van der Waals surface area contributed by atoms with Gasteiger partial charge in [0.2, 0.25) is 0 Å². The molecule has 3 aromatic carbocycles. The maximum absolute atomic E-state index is 12.3. The minimum absolute atomic E-state index is 0.315. The summed E-state index contributed by atoms with van der Waals surface area (Å²) in [5.74, 6) is -0.315. The number of hydrogen-bond donors (Lipinski definition) is 0. The van der Waals surface area contributed by atoms with Gasteiger partial charge in [-0.15, -0.1) is 0 Å². The van der Waals surface area contributed by atoms with E-state index >= 15 is 0 Å². The van der Waals surface area contributed by atoms with Crippen LogP contribution in [0.5, 0.6) is 0 Å². The lowest BCUT2D eigenvalue weighted by molar-refractivity contribution is -0.137. The van der Waals surface area contributed by atoms with E-state index in [4.69, 9.17) is 4.74 Å². The van der Waals surface area contributed by atoms with Crippen molar-refractivity contribution >= 4 is 22.7 Å². The molecule has 4 rings (SSSR count). The van der Waals surface area contributed by atoms with Crippen LogP contribution in [0.2, 0.25) is 0 Å². The van der Waals surface area contributed by atoms with Crippen molar-refractivity contribution in [2.24, 2.45) is 0 Å². The zero-order chi connectivity index (χ0) is 18.6. The van der Waals surface area contributed by atoms with Crippen LogP contribution in [0, 0.1) is 0 Å². The summed E-state index contributed by atoms with van der Waals surface area (Å²) in [5.41, 5.74) is 7.54. The first-order valence-corrected chi connectivity index (χ1v) is 9.13. The van der Waals surface area contributed by atoms with E-state index in [9.17, 15) is 4.79 Å². The maximum Gasteiger partial charge on any atom is 0.331 e. The maximum atomic E-state index is 12.3. The van der Waals surface area contributed by atoms with Crippen molar-refractivity contribution in [1.29, 1.82) is 0 Å². The lowest BCUT2D eigenvalue weighted by Gasteiger charge is -2.11. The highest BCUT2D eigenvalue weighted by atomic mass is 16.5. The monoisotopic (exact) mass is 352 g/mol. The number of rotatable bonds is 4. The van der Waals surface area contributed by atoms with Crippen LogP contribution in [-0.2, 0) is 9.53 Å².